The molecule has 8 nitrogen and oxygen atoms in total. The van der Waals surface area contributed by atoms with Crippen molar-refractivity contribution in [2.75, 3.05) is 19.0 Å². The smallest absolute Gasteiger partial charge is 0.256 e. The second kappa shape index (κ2) is 9.34. The highest BCUT2D eigenvalue weighted by Gasteiger charge is 2.73. The average Bonchev–Trinajstić information content (AvgIpc) is 3.64. The molecule has 0 radical (unpaired) electrons. The number of nitrogens with zero attached hydrogens (tertiary/aromatic N) is 2. The maximum atomic E-state index is 13.7. The molecule has 202 valence electrons. The van der Waals surface area contributed by atoms with Gasteiger partial charge in [0.1, 0.15) is 6.61 Å². The normalized spacial score (nSPS) is 25.1. The Balaban J connectivity index is 1.26. The summed E-state index contributed by atoms with van der Waals surface area (Å²) in [7, 11) is 1.58. The zero-order valence-electron chi connectivity index (χ0n) is 22.1. The van der Waals surface area contributed by atoms with E-state index in [1.54, 1.807) is 7.11 Å². The van der Waals surface area contributed by atoms with E-state index in [2.05, 4.69) is 28.4 Å². The molecule has 3 heterocycles. The fourth-order valence-corrected chi connectivity index (χ4v) is 7.36. The number of carbonyl (C=O) groups is 1. The van der Waals surface area contributed by atoms with E-state index in [0.717, 1.165) is 34.7 Å². The molecule has 4 aromatic rings. The lowest BCUT2D eigenvalue weighted by Gasteiger charge is -2.32. The molecular formula is C32H29N3O5. The first kappa shape index (κ1) is 24.6. The maximum Gasteiger partial charge on any atom is 0.256 e. The summed E-state index contributed by atoms with van der Waals surface area (Å²) >= 11 is 0. The van der Waals surface area contributed by atoms with Crippen LogP contribution in [0.2, 0.25) is 0 Å². The van der Waals surface area contributed by atoms with E-state index in [1.165, 1.54) is 0 Å². The third-order valence-corrected chi connectivity index (χ3v) is 8.93. The Morgan fingerprint density at radius 3 is 2.67 bits per heavy atom. The van der Waals surface area contributed by atoms with E-state index < -0.39 is 17.5 Å². The Bertz CT molecular complexity index is 1650. The molecule has 7 rings (SSSR count). The van der Waals surface area contributed by atoms with Crippen LogP contribution < -0.4 is 14.8 Å². The summed E-state index contributed by atoms with van der Waals surface area (Å²) in [4.78, 5) is 28.4. The van der Waals surface area contributed by atoms with Gasteiger partial charge < -0.3 is 14.8 Å². The summed E-state index contributed by atoms with van der Waals surface area (Å²) in [5.74, 6) is 0.278. The highest BCUT2D eigenvalue weighted by Crippen LogP contribution is 2.58. The Kier molecular flexibility index (Phi) is 5.75. The molecule has 0 unspecified atom stereocenters. The number of benzene rings is 4. The number of hydrogen-bond donors (Lipinski definition) is 1. The molecule has 1 N–H and O–H groups in total. The summed E-state index contributed by atoms with van der Waals surface area (Å²) in [6, 6.07) is 26.0. The summed E-state index contributed by atoms with van der Waals surface area (Å²) in [6.45, 7) is 0.991. The zero-order chi connectivity index (χ0) is 27.4. The monoisotopic (exact) mass is 535 g/mol. The molecule has 0 saturated carbocycles. The van der Waals surface area contributed by atoms with E-state index in [4.69, 9.17) is 9.47 Å². The van der Waals surface area contributed by atoms with Gasteiger partial charge in [0.15, 0.2) is 17.0 Å². The Hall–Kier alpha value is -4.43. The van der Waals surface area contributed by atoms with Crippen molar-refractivity contribution in [3.05, 3.63) is 112 Å². The number of rotatable bonds is 6. The van der Waals surface area contributed by atoms with Crippen molar-refractivity contribution in [2.24, 2.45) is 0 Å². The van der Waals surface area contributed by atoms with Gasteiger partial charge in [-0.25, -0.2) is 0 Å². The van der Waals surface area contributed by atoms with Crippen molar-refractivity contribution in [3.8, 4) is 11.5 Å². The van der Waals surface area contributed by atoms with Crippen LogP contribution in [0.25, 0.3) is 10.8 Å². The Labute approximate surface area is 231 Å². The van der Waals surface area contributed by atoms with Crippen LogP contribution in [0.15, 0.2) is 84.9 Å². The van der Waals surface area contributed by atoms with E-state index in [-0.39, 0.29) is 16.9 Å². The molecule has 8 heteroatoms. The standard InChI is InChI=1S/C32H29N3O5/c1-39-28-18-21(15-16-27(28)40-19-22-10-6-9-20-8-2-3-11-23(20)22)29-26-14-7-17-34(26)32(30(29)35(37)38)24-12-4-5-13-25(24)33-31(32)36/h2-6,8-13,15-16,18,26,29-30H,7,14,17,19H2,1H3,(H,33,36)/t26-,29+,30+,32+/m0/s1. The number of para-hydroxylation sites is 1. The van der Waals surface area contributed by atoms with Crippen molar-refractivity contribution >= 4 is 22.4 Å². The van der Waals surface area contributed by atoms with E-state index in [1.807, 2.05) is 66.7 Å². The van der Waals surface area contributed by atoms with Gasteiger partial charge in [0.2, 0.25) is 0 Å². The highest BCUT2D eigenvalue weighted by atomic mass is 16.6. The number of amides is 1. The molecule has 3 aliphatic rings. The predicted molar refractivity (Wildman–Crippen MR) is 151 cm³/mol. The Morgan fingerprint density at radius 2 is 1.82 bits per heavy atom. The molecule has 0 aromatic heterocycles. The number of methoxy groups -OCH3 is 1. The number of fused-ring (bicyclic) bond motifs is 5. The van der Waals surface area contributed by atoms with Gasteiger partial charge in [-0.15, -0.1) is 0 Å². The van der Waals surface area contributed by atoms with Gasteiger partial charge in [-0.2, -0.15) is 0 Å². The predicted octanol–water partition coefficient (Wildman–Crippen LogP) is 5.48. The number of hydrogen-bond acceptors (Lipinski definition) is 6. The Morgan fingerprint density at radius 1 is 1.02 bits per heavy atom. The van der Waals surface area contributed by atoms with Crippen molar-refractivity contribution < 1.29 is 19.2 Å². The van der Waals surface area contributed by atoms with Gasteiger partial charge in [0.25, 0.3) is 11.9 Å². The van der Waals surface area contributed by atoms with Crippen molar-refractivity contribution in [1.82, 2.24) is 4.90 Å². The minimum absolute atomic E-state index is 0.139. The average molecular weight is 536 g/mol. The lowest BCUT2D eigenvalue weighted by atomic mass is 9.77. The van der Waals surface area contributed by atoms with Crippen LogP contribution >= 0.6 is 0 Å². The summed E-state index contributed by atoms with van der Waals surface area (Å²) in [5.41, 5.74) is 1.84. The largest absolute Gasteiger partial charge is 0.493 e. The van der Waals surface area contributed by atoms with Crippen molar-refractivity contribution in [3.63, 3.8) is 0 Å². The summed E-state index contributed by atoms with van der Waals surface area (Å²) < 4.78 is 12.0. The number of anilines is 1. The van der Waals surface area contributed by atoms with E-state index in [0.29, 0.717) is 35.9 Å². The second-order valence-corrected chi connectivity index (χ2v) is 10.8. The van der Waals surface area contributed by atoms with Crippen LogP contribution in [0.4, 0.5) is 5.69 Å². The van der Waals surface area contributed by atoms with Gasteiger partial charge >= 0.3 is 0 Å². The first-order chi connectivity index (χ1) is 19.5. The zero-order valence-corrected chi connectivity index (χ0v) is 22.1. The van der Waals surface area contributed by atoms with Gasteiger partial charge in [-0.1, -0.05) is 66.7 Å². The first-order valence-electron chi connectivity index (χ1n) is 13.6. The third kappa shape index (κ3) is 3.45. The van der Waals surface area contributed by atoms with Crippen LogP contribution in [0, 0.1) is 10.1 Å². The quantitative estimate of drug-likeness (QED) is 0.260. The fourth-order valence-electron chi connectivity index (χ4n) is 7.36. The highest BCUT2D eigenvalue weighted by molar-refractivity contribution is 6.07. The number of nitro groups is 1. The lowest BCUT2D eigenvalue weighted by Crippen LogP contribution is -2.55. The summed E-state index contributed by atoms with van der Waals surface area (Å²) in [6.07, 6.45) is 1.67. The maximum absolute atomic E-state index is 13.7. The topological polar surface area (TPSA) is 93.9 Å². The van der Waals surface area contributed by atoms with Gasteiger partial charge in [-0.05, 0) is 52.9 Å². The van der Waals surface area contributed by atoms with Crippen LogP contribution in [0.5, 0.6) is 11.5 Å². The molecule has 4 aromatic carbocycles. The fraction of sp³-hybridized carbons (Fsp3) is 0.281. The van der Waals surface area contributed by atoms with Gasteiger partial charge in [0, 0.05) is 28.8 Å². The minimum atomic E-state index is -1.34. The molecule has 3 aliphatic heterocycles. The van der Waals surface area contributed by atoms with Crippen LogP contribution in [-0.4, -0.2) is 41.5 Å². The molecule has 2 saturated heterocycles. The van der Waals surface area contributed by atoms with Gasteiger partial charge in [-0.3, -0.25) is 19.8 Å². The molecular weight excluding hydrogens is 506 g/mol. The molecule has 0 bridgehead atoms. The second-order valence-electron chi connectivity index (χ2n) is 10.8. The molecule has 0 aliphatic carbocycles. The number of ether oxygens (including phenoxy) is 2. The van der Waals surface area contributed by atoms with E-state index >= 15 is 0 Å². The minimum Gasteiger partial charge on any atom is -0.493 e. The molecule has 40 heavy (non-hydrogen) atoms. The number of nitrogens with one attached hydrogen (secondary N) is 1. The van der Waals surface area contributed by atoms with Gasteiger partial charge in [0.05, 0.1) is 13.0 Å². The number of carbonyl (C=O) groups excluding carboxylic acids is 1. The molecule has 4 atom stereocenters. The molecule has 1 spiro atoms. The van der Waals surface area contributed by atoms with Crippen molar-refractivity contribution in [1.29, 1.82) is 0 Å². The van der Waals surface area contributed by atoms with E-state index in [9.17, 15) is 14.9 Å². The van der Waals surface area contributed by atoms with Crippen LogP contribution in [0.3, 0.4) is 0 Å². The van der Waals surface area contributed by atoms with Crippen LogP contribution in [-0.2, 0) is 16.9 Å². The lowest BCUT2D eigenvalue weighted by molar-refractivity contribution is -0.534. The molecule has 1 amide bonds. The molecule has 2 fully saturated rings. The summed E-state index contributed by atoms with van der Waals surface area (Å²) in [5, 5.41) is 18.1. The first-order valence-corrected chi connectivity index (χ1v) is 13.6. The van der Waals surface area contributed by atoms with Crippen LogP contribution in [0.1, 0.15) is 35.4 Å². The van der Waals surface area contributed by atoms with Crippen molar-refractivity contribution in [2.45, 2.75) is 43.0 Å². The third-order valence-electron chi connectivity index (χ3n) is 8.93. The SMILES string of the molecule is COc1cc([C@@H]2[C@@H]3CCCN3[C@@]3(C(=O)Nc4ccccc43)[C@@H]2[N+](=O)[O-])ccc1OCc1cccc2ccccc12.